The number of rotatable bonds is 4. The normalized spacial score (nSPS) is 27.1. The highest BCUT2D eigenvalue weighted by Crippen LogP contribution is 2.30. The van der Waals surface area contributed by atoms with Crippen molar-refractivity contribution in [1.29, 1.82) is 0 Å². The van der Waals surface area contributed by atoms with Crippen molar-refractivity contribution in [2.45, 2.75) is 24.6 Å². The van der Waals surface area contributed by atoms with Gasteiger partial charge >= 0.3 is 5.97 Å². The smallest absolute Gasteiger partial charge is 0.322 e. The predicted octanol–water partition coefficient (Wildman–Crippen LogP) is 0.599. The number of ether oxygens (including phenoxy) is 1. The molecule has 0 aromatic carbocycles. The molecule has 0 aliphatic carbocycles. The molecule has 0 bridgehead atoms. The van der Waals surface area contributed by atoms with Crippen LogP contribution in [0.25, 0.3) is 0 Å². The summed E-state index contributed by atoms with van der Waals surface area (Å²) in [6.45, 7) is 9.83. The third kappa shape index (κ3) is 4.34. The molecule has 0 amide bonds. The van der Waals surface area contributed by atoms with Gasteiger partial charge in [0.05, 0.1) is 13.2 Å². The lowest BCUT2D eigenvalue weighted by Gasteiger charge is -2.42. The minimum absolute atomic E-state index is 0.150. The predicted molar refractivity (Wildman–Crippen MR) is 76.8 cm³/mol. The van der Waals surface area contributed by atoms with E-state index >= 15 is 0 Å². The summed E-state index contributed by atoms with van der Waals surface area (Å²) in [4.78, 5) is 15.9. The van der Waals surface area contributed by atoms with Crippen LogP contribution in [0, 0.1) is 0 Å². The summed E-state index contributed by atoms with van der Waals surface area (Å²) in [5.41, 5.74) is 0. The van der Waals surface area contributed by atoms with Crippen molar-refractivity contribution in [3.63, 3.8) is 0 Å². The third-order valence-electron chi connectivity index (χ3n) is 3.72. The second-order valence-corrected chi connectivity index (χ2v) is 7.65. The van der Waals surface area contributed by atoms with E-state index in [0.29, 0.717) is 19.8 Å². The Morgan fingerprint density at radius 1 is 1.37 bits per heavy atom. The van der Waals surface area contributed by atoms with E-state index < -0.39 is 12.0 Å². The Bertz CT molecular complexity index is 319. The quantitative estimate of drug-likeness (QED) is 0.817. The number of carbonyl (C=O) groups is 1. The molecule has 2 rings (SSSR count). The molecule has 0 saturated carbocycles. The molecular formula is C13H24N2O3S. The van der Waals surface area contributed by atoms with E-state index in [2.05, 4.69) is 23.6 Å². The fraction of sp³-hybridized carbons (Fsp3) is 0.923. The van der Waals surface area contributed by atoms with E-state index in [0.717, 1.165) is 31.9 Å². The number of aliphatic carboxylic acids is 1. The van der Waals surface area contributed by atoms with Crippen LogP contribution in [0.1, 0.15) is 13.8 Å². The molecule has 2 aliphatic rings. The minimum Gasteiger partial charge on any atom is -0.480 e. The molecule has 2 aliphatic heterocycles. The zero-order valence-corrected chi connectivity index (χ0v) is 12.6. The van der Waals surface area contributed by atoms with Gasteiger partial charge < -0.3 is 9.84 Å². The maximum absolute atomic E-state index is 11.6. The van der Waals surface area contributed by atoms with Crippen molar-refractivity contribution in [2.75, 3.05) is 51.7 Å². The number of morpholine rings is 1. The molecule has 6 heteroatoms. The Balaban J connectivity index is 1.96. The molecule has 0 spiro atoms. The average Bonchev–Trinajstić information content (AvgIpc) is 2.35. The molecule has 2 heterocycles. The van der Waals surface area contributed by atoms with E-state index in [1.54, 1.807) is 0 Å². The molecule has 0 aromatic rings. The van der Waals surface area contributed by atoms with Crippen molar-refractivity contribution in [1.82, 2.24) is 9.80 Å². The van der Waals surface area contributed by atoms with Crippen LogP contribution >= 0.6 is 11.8 Å². The molecule has 2 saturated heterocycles. The molecule has 1 N–H and O–H groups in total. The Labute approximate surface area is 119 Å². The number of carboxylic acids is 1. The van der Waals surface area contributed by atoms with Gasteiger partial charge in [0.1, 0.15) is 6.04 Å². The van der Waals surface area contributed by atoms with Crippen molar-refractivity contribution in [2.24, 2.45) is 0 Å². The van der Waals surface area contributed by atoms with Gasteiger partial charge in [0.15, 0.2) is 0 Å². The molecule has 1 atom stereocenters. The van der Waals surface area contributed by atoms with Crippen molar-refractivity contribution in [3.05, 3.63) is 0 Å². The third-order valence-corrected chi connectivity index (χ3v) is 5.01. The van der Waals surface area contributed by atoms with E-state index in [-0.39, 0.29) is 4.75 Å². The summed E-state index contributed by atoms with van der Waals surface area (Å²) in [6, 6.07) is -0.390. The molecule has 0 radical (unpaired) electrons. The van der Waals surface area contributed by atoms with Crippen LogP contribution in [-0.4, -0.2) is 83.4 Å². The van der Waals surface area contributed by atoms with Gasteiger partial charge in [-0.3, -0.25) is 14.6 Å². The molecule has 2 fully saturated rings. The lowest BCUT2D eigenvalue weighted by Crippen LogP contribution is -2.56. The first-order chi connectivity index (χ1) is 8.98. The topological polar surface area (TPSA) is 53.0 Å². The van der Waals surface area contributed by atoms with Gasteiger partial charge in [-0.15, -0.1) is 0 Å². The van der Waals surface area contributed by atoms with Crippen molar-refractivity contribution < 1.29 is 14.6 Å². The van der Waals surface area contributed by atoms with Gasteiger partial charge in [-0.05, 0) is 13.8 Å². The maximum Gasteiger partial charge on any atom is 0.322 e. The molecule has 0 aromatic heterocycles. The van der Waals surface area contributed by atoms with Gasteiger partial charge in [-0.1, -0.05) is 0 Å². The lowest BCUT2D eigenvalue weighted by atomic mass is 10.1. The molecule has 1 unspecified atom stereocenters. The fourth-order valence-electron chi connectivity index (χ4n) is 2.70. The summed E-state index contributed by atoms with van der Waals surface area (Å²) in [5.74, 6) is 0.314. The number of carboxylic acid groups (broad SMARTS) is 1. The van der Waals surface area contributed by atoms with Gasteiger partial charge in [0.25, 0.3) is 0 Å². The molecule has 19 heavy (non-hydrogen) atoms. The highest BCUT2D eigenvalue weighted by atomic mass is 32.2. The van der Waals surface area contributed by atoms with Crippen LogP contribution in [0.3, 0.4) is 0 Å². The first-order valence-corrected chi connectivity index (χ1v) is 7.87. The first kappa shape index (κ1) is 15.1. The second kappa shape index (κ2) is 6.43. The summed E-state index contributed by atoms with van der Waals surface area (Å²) < 4.78 is 5.46. The molecule has 110 valence electrons. The van der Waals surface area contributed by atoms with E-state index in [1.807, 2.05) is 11.8 Å². The van der Waals surface area contributed by atoms with Crippen LogP contribution < -0.4 is 0 Å². The van der Waals surface area contributed by atoms with Crippen molar-refractivity contribution >= 4 is 17.7 Å². The summed E-state index contributed by atoms with van der Waals surface area (Å²) in [5, 5.41) is 9.52. The largest absolute Gasteiger partial charge is 0.480 e. The van der Waals surface area contributed by atoms with Crippen LogP contribution in [0.2, 0.25) is 0 Å². The highest BCUT2D eigenvalue weighted by molar-refractivity contribution is 8.00. The van der Waals surface area contributed by atoms with Crippen LogP contribution in [-0.2, 0) is 9.53 Å². The van der Waals surface area contributed by atoms with E-state index in [9.17, 15) is 9.90 Å². The number of hydrogen-bond donors (Lipinski definition) is 1. The zero-order chi connectivity index (χ0) is 13.9. The van der Waals surface area contributed by atoms with Gasteiger partial charge in [-0.2, -0.15) is 11.8 Å². The zero-order valence-electron chi connectivity index (χ0n) is 11.8. The summed E-state index contributed by atoms with van der Waals surface area (Å²) >= 11 is 1.93. The van der Waals surface area contributed by atoms with Gasteiger partial charge in [0.2, 0.25) is 0 Å². The van der Waals surface area contributed by atoms with Gasteiger partial charge in [0, 0.05) is 43.2 Å². The SMILES string of the molecule is CC1(C)CN(C(CN2CCOCC2)C(=O)O)CCS1. The van der Waals surface area contributed by atoms with Crippen LogP contribution in [0.5, 0.6) is 0 Å². The average molecular weight is 288 g/mol. The minimum atomic E-state index is -0.700. The van der Waals surface area contributed by atoms with E-state index in [4.69, 9.17) is 4.74 Å². The van der Waals surface area contributed by atoms with Gasteiger partial charge in [-0.25, -0.2) is 0 Å². The highest BCUT2D eigenvalue weighted by Gasteiger charge is 2.35. The number of thioether (sulfide) groups is 1. The summed E-state index contributed by atoms with van der Waals surface area (Å²) in [6.07, 6.45) is 0. The molecule has 5 nitrogen and oxygen atoms in total. The van der Waals surface area contributed by atoms with Crippen LogP contribution in [0.4, 0.5) is 0 Å². The van der Waals surface area contributed by atoms with E-state index in [1.165, 1.54) is 0 Å². The number of hydrogen-bond acceptors (Lipinski definition) is 5. The summed E-state index contributed by atoms with van der Waals surface area (Å²) in [7, 11) is 0. The second-order valence-electron chi connectivity index (χ2n) is 5.85. The Morgan fingerprint density at radius 3 is 2.63 bits per heavy atom. The maximum atomic E-state index is 11.6. The number of nitrogens with zero attached hydrogens (tertiary/aromatic N) is 2. The molecular weight excluding hydrogens is 264 g/mol. The fourth-order valence-corrected chi connectivity index (χ4v) is 3.83. The first-order valence-electron chi connectivity index (χ1n) is 6.89. The monoisotopic (exact) mass is 288 g/mol. The Morgan fingerprint density at radius 2 is 2.05 bits per heavy atom. The standard InChI is InChI=1S/C13H24N2O3S/c1-13(2)10-15(5-8-19-13)11(12(16)17)9-14-3-6-18-7-4-14/h11H,3-10H2,1-2H3,(H,16,17). The lowest BCUT2D eigenvalue weighted by molar-refractivity contribution is -0.144. The Kier molecular flexibility index (Phi) is 5.11. The van der Waals surface area contributed by atoms with Crippen LogP contribution in [0.15, 0.2) is 0 Å². The van der Waals surface area contributed by atoms with Crippen molar-refractivity contribution in [3.8, 4) is 0 Å². The Hall–Kier alpha value is -0.300.